The number of carbonyl (C=O) groups excluding carboxylic acids is 1. The third-order valence-electron chi connectivity index (χ3n) is 5.74. The van der Waals surface area contributed by atoms with Gasteiger partial charge in [0.15, 0.2) is 0 Å². The van der Waals surface area contributed by atoms with Crippen molar-refractivity contribution in [1.29, 1.82) is 0 Å². The van der Waals surface area contributed by atoms with E-state index >= 15 is 0 Å². The first-order chi connectivity index (χ1) is 16.2. The first-order valence-corrected chi connectivity index (χ1v) is 12.4. The lowest BCUT2D eigenvalue weighted by atomic mass is 9.96. The van der Waals surface area contributed by atoms with Gasteiger partial charge < -0.3 is 9.47 Å². The van der Waals surface area contributed by atoms with Crippen LogP contribution in [0.2, 0.25) is 0 Å². The minimum Gasteiger partial charge on any atom is -0.497 e. The molecule has 0 unspecified atom stereocenters. The largest absolute Gasteiger partial charge is 0.497 e. The first-order valence-electron chi connectivity index (χ1n) is 11.6. The molecule has 3 aromatic carbocycles. The maximum absolute atomic E-state index is 13.0. The van der Waals surface area contributed by atoms with Crippen molar-refractivity contribution in [3.05, 3.63) is 100 Å². The number of methoxy groups -OCH3 is 1. The van der Waals surface area contributed by atoms with E-state index in [0.29, 0.717) is 6.54 Å². The van der Waals surface area contributed by atoms with Crippen molar-refractivity contribution >= 4 is 21.9 Å². The Bertz CT molecular complexity index is 1040. The van der Waals surface area contributed by atoms with Crippen molar-refractivity contribution in [2.24, 2.45) is 0 Å². The monoisotopic (exact) mass is 523 g/mol. The van der Waals surface area contributed by atoms with E-state index < -0.39 is 5.60 Å². The fraction of sp³-hybridized carbons (Fsp3) is 0.345. The maximum atomic E-state index is 13.0. The number of benzene rings is 3. The van der Waals surface area contributed by atoms with Crippen LogP contribution in [0.5, 0.6) is 5.75 Å². The maximum Gasteiger partial charge on any atom is 0.308 e. The second-order valence-corrected chi connectivity index (χ2v) is 10.4. The molecule has 0 amide bonds. The summed E-state index contributed by atoms with van der Waals surface area (Å²) in [5, 5.41) is 0. The Balaban J connectivity index is 2.03. The van der Waals surface area contributed by atoms with Gasteiger partial charge in [0.1, 0.15) is 11.4 Å². The molecule has 3 aromatic rings. The van der Waals surface area contributed by atoms with Crippen LogP contribution >= 0.6 is 15.9 Å². The van der Waals surface area contributed by atoms with Crippen LogP contribution in [0.3, 0.4) is 0 Å². The average Bonchev–Trinajstić information content (AvgIpc) is 2.81. The van der Waals surface area contributed by atoms with Gasteiger partial charge in [-0.15, -0.1) is 0 Å². The first kappa shape index (κ1) is 26.0. The van der Waals surface area contributed by atoms with Crippen LogP contribution < -0.4 is 4.74 Å². The van der Waals surface area contributed by atoms with Crippen LogP contribution in [0.15, 0.2) is 83.3 Å². The van der Waals surface area contributed by atoms with Crippen molar-refractivity contribution in [2.45, 2.75) is 58.3 Å². The summed E-state index contributed by atoms with van der Waals surface area (Å²) in [5.41, 5.74) is 2.88. The third-order valence-corrected chi connectivity index (χ3v) is 6.27. The lowest BCUT2D eigenvalue weighted by Crippen LogP contribution is -2.34. The highest BCUT2D eigenvalue weighted by atomic mass is 79.9. The minimum absolute atomic E-state index is 0.0437. The van der Waals surface area contributed by atoms with Gasteiger partial charge in [0.25, 0.3) is 0 Å². The Labute approximate surface area is 212 Å². The smallest absolute Gasteiger partial charge is 0.308 e. The topological polar surface area (TPSA) is 38.8 Å². The number of carbonyl (C=O) groups is 1. The summed E-state index contributed by atoms with van der Waals surface area (Å²) in [6.45, 7) is 8.59. The molecule has 0 aliphatic rings. The summed E-state index contributed by atoms with van der Waals surface area (Å²) < 4.78 is 12.1. The molecular weight excluding hydrogens is 490 g/mol. The zero-order valence-electron chi connectivity index (χ0n) is 20.6. The zero-order valence-corrected chi connectivity index (χ0v) is 22.2. The molecule has 3 rings (SSSR count). The molecule has 0 aliphatic heterocycles. The van der Waals surface area contributed by atoms with Gasteiger partial charge in [-0.25, -0.2) is 0 Å². The molecule has 0 radical (unpaired) electrons. The van der Waals surface area contributed by atoms with Crippen LogP contribution in [-0.2, 0) is 16.1 Å². The highest BCUT2D eigenvalue weighted by molar-refractivity contribution is 9.10. The Kier molecular flexibility index (Phi) is 8.92. The van der Waals surface area contributed by atoms with E-state index in [-0.39, 0.29) is 24.5 Å². The van der Waals surface area contributed by atoms with E-state index in [1.54, 1.807) is 7.11 Å². The van der Waals surface area contributed by atoms with Gasteiger partial charge in [-0.3, -0.25) is 9.69 Å². The lowest BCUT2D eigenvalue weighted by Gasteiger charge is -2.37. The molecule has 34 heavy (non-hydrogen) atoms. The Morgan fingerprint density at radius 2 is 1.50 bits per heavy atom. The van der Waals surface area contributed by atoms with Crippen LogP contribution in [0.1, 0.15) is 62.9 Å². The summed E-state index contributed by atoms with van der Waals surface area (Å²) in [5.74, 6) is 0.615. The Morgan fingerprint density at radius 3 is 2.06 bits per heavy atom. The van der Waals surface area contributed by atoms with Crippen molar-refractivity contribution in [3.63, 3.8) is 0 Å². The fourth-order valence-corrected chi connectivity index (χ4v) is 4.30. The van der Waals surface area contributed by atoms with Crippen LogP contribution in [0, 0.1) is 0 Å². The number of hydrogen-bond donors (Lipinski definition) is 0. The van der Waals surface area contributed by atoms with Gasteiger partial charge in [-0.05, 0) is 68.7 Å². The number of esters is 1. The summed E-state index contributed by atoms with van der Waals surface area (Å²) in [6.07, 6.45) is 0.256. The van der Waals surface area contributed by atoms with Crippen LogP contribution in [0.25, 0.3) is 0 Å². The highest BCUT2D eigenvalue weighted by Crippen LogP contribution is 2.36. The number of ether oxygens (including phenoxy) is 2. The molecule has 0 spiro atoms. The molecule has 0 saturated heterocycles. The van der Waals surface area contributed by atoms with Crippen LogP contribution in [-0.4, -0.2) is 23.6 Å². The predicted molar refractivity (Wildman–Crippen MR) is 141 cm³/mol. The Morgan fingerprint density at radius 1 is 0.912 bits per heavy atom. The van der Waals surface area contributed by atoms with E-state index in [0.717, 1.165) is 21.3 Å². The average molecular weight is 524 g/mol. The molecule has 0 heterocycles. The van der Waals surface area contributed by atoms with Gasteiger partial charge in [0.05, 0.1) is 13.5 Å². The summed E-state index contributed by atoms with van der Waals surface area (Å²) in [7, 11) is 1.67. The van der Waals surface area contributed by atoms with Gasteiger partial charge in [0.2, 0.25) is 0 Å². The lowest BCUT2D eigenvalue weighted by molar-refractivity contribution is -0.156. The highest BCUT2D eigenvalue weighted by Gasteiger charge is 2.30. The van der Waals surface area contributed by atoms with Gasteiger partial charge >= 0.3 is 5.97 Å². The minimum atomic E-state index is -0.535. The van der Waals surface area contributed by atoms with E-state index in [1.165, 1.54) is 5.56 Å². The standard InChI is InChI=1S/C29H34BrNO3/c1-21(23-13-17-26(33-5)18-14-23)31(20-22-9-7-6-8-10-22)27(19-28(32)34-29(2,3)4)24-11-15-25(30)16-12-24/h6-18,21,27H,19-20H2,1-5H3/t21-,27+/m1/s1. The molecule has 0 aliphatic carbocycles. The third kappa shape index (κ3) is 7.44. The fourth-order valence-electron chi connectivity index (χ4n) is 4.04. The van der Waals surface area contributed by atoms with E-state index in [9.17, 15) is 4.79 Å². The van der Waals surface area contributed by atoms with E-state index in [2.05, 4.69) is 64.2 Å². The molecule has 4 nitrogen and oxygen atoms in total. The molecule has 0 saturated carbocycles. The molecule has 0 bridgehead atoms. The van der Waals surface area contributed by atoms with Crippen LogP contribution in [0.4, 0.5) is 0 Å². The molecule has 5 heteroatoms. The van der Waals surface area contributed by atoms with Crippen molar-refractivity contribution in [1.82, 2.24) is 4.90 Å². The molecule has 0 N–H and O–H groups in total. The molecule has 180 valence electrons. The van der Waals surface area contributed by atoms with Crippen molar-refractivity contribution in [3.8, 4) is 5.75 Å². The zero-order chi connectivity index (χ0) is 24.7. The molecular formula is C29H34BrNO3. The normalized spacial score (nSPS) is 13.4. The van der Waals surface area contributed by atoms with E-state index in [4.69, 9.17) is 9.47 Å². The summed E-state index contributed by atoms with van der Waals surface area (Å²) in [6, 6.07) is 26.6. The van der Waals surface area contributed by atoms with Gasteiger partial charge in [0, 0.05) is 23.1 Å². The number of nitrogens with zero attached hydrogens (tertiary/aromatic N) is 1. The molecule has 2 atom stereocenters. The summed E-state index contributed by atoms with van der Waals surface area (Å²) in [4.78, 5) is 15.4. The summed E-state index contributed by atoms with van der Waals surface area (Å²) >= 11 is 3.54. The molecule has 0 fully saturated rings. The molecule has 0 aromatic heterocycles. The predicted octanol–water partition coefficient (Wildman–Crippen LogP) is 7.49. The second kappa shape index (κ2) is 11.7. The van der Waals surface area contributed by atoms with Crippen molar-refractivity contribution < 1.29 is 14.3 Å². The quantitative estimate of drug-likeness (QED) is 0.272. The second-order valence-electron chi connectivity index (χ2n) is 9.46. The Hall–Kier alpha value is -2.63. The number of rotatable bonds is 9. The van der Waals surface area contributed by atoms with Crippen molar-refractivity contribution in [2.75, 3.05) is 7.11 Å². The number of hydrogen-bond acceptors (Lipinski definition) is 4. The van der Waals surface area contributed by atoms with Gasteiger partial charge in [-0.1, -0.05) is 70.5 Å². The van der Waals surface area contributed by atoms with E-state index in [1.807, 2.05) is 63.2 Å². The van der Waals surface area contributed by atoms with Gasteiger partial charge in [-0.2, -0.15) is 0 Å². The SMILES string of the molecule is COc1ccc([C@@H](C)N(Cc2ccccc2)[C@@H](CC(=O)OC(C)(C)C)c2ccc(Br)cc2)cc1. The number of halogens is 1.